The van der Waals surface area contributed by atoms with Gasteiger partial charge in [-0.2, -0.15) is 0 Å². The van der Waals surface area contributed by atoms with Crippen LogP contribution >= 0.6 is 0 Å². The Morgan fingerprint density at radius 2 is 1.33 bits per heavy atom. The van der Waals surface area contributed by atoms with Crippen molar-refractivity contribution in [2.45, 2.75) is 13.8 Å². The van der Waals surface area contributed by atoms with Gasteiger partial charge in [0.1, 0.15) is 0 Å². The molecule has 0 saturated carbocycles. The molecule has 78 valence electrons. The summed E-state index contributed by atoms with van der Waals surface area (Å²) in [5.74, 6) is -0.430. The van der Waals surface area contributed by atoms with Gasteiger partial charge in [0.15, 0.2) is 0 Å². The van der Waals surface area contributed by atoms with Crippen molar-refractivity contribution >= 4 is 17.1 Å². The van der Waals surface area contributed by atoms with Gasteiger partial charge in [0.2, 0.25) is 5.91 Å². The van der Waals surface area contributed by atoms with Crippen LogP contribution in [0.25, 0.3) is 11.1 Å². The Morgan fingerprint density at radius 1 is 1.00 bits per heavy atom. The summed E-state index contributed by atoms with van der Waals surface area (Å²) in [4.78, 5) is 11.1. The molecule has 0 saturated heterocycles. The van der Waals surface area contributed by atoms with Crippen molar-refractivity contribution in [2.75, 3.05) is 0 Å². The first-order valence-electron chi connectivity index (χ1n) is 4.68. The van der Waals surface area contributed by atoms with E-state index in [1.54, 1.807) is 12.1 Å². The third kappa shape index (κ3) is 2.56. The monoisotopic (exact) mass is 201 g/mol. The largest absolute Gasteiger partial charge is 0.366 e. The number of rotatable bonds is 3. The van der Waals surface area contributed by atoms with Crippen LogP contribution in [0.2, 0.25) is 0 Å². The highest BCUT2D eigenvalue weighted by Gasteiger charge is 2.06. The highest BCUT2D eigenvalue weighted by Crippen LogP contribution is 2.20. The standard InChI is InChI=1S/C13H15NO/c1-8(2)10-5-11(9(3)4)7-12(6-10)13(14)15/h5-7H,1,3H2,2,4H3,(H2,14,15). The summed E-state index contributed by atoms with van der Waals surface area (Å²) in [6, 6.07) is 5.45. The van der Waals surface area contributed by atoms with Gasteiger partial charge in [-0.05, 0) is 43.2 Å². The Morgan fingerprint density at radius 3 is 1.60 bits per heavy atom. The van der Waals surface area contributed by atoms with Crippen LogP contribution in [-0.4, -0.2) is 5.91 Å². The quantitative estimate of drug-likeness (QED) is 0.802. The van der Waals surface area contributed by atoms with Gasteiger partial charge in [-0.25, -0.2) is 0 Å². The summed E-state index contributed by atoms with van der Waals surface area (Å²) in [5.41, 5.74) is 9.40. The number of primary amides is 1. The van der Waals surface area contributed by atoms with Crippen LogP contribution in [0.1, 0.15) is 35.3 Å². The first-order chi connectivity index (χ1) is 6.91. The van der Waals surface area contributed by atoms with E-state index in [4.69, 9.17) is 5.73 Å². The number of carbonyl (C=O) groups is 1. The van der Waals surface area contributed by atoms with E-state index in [1.807, 2.05) is 19.9 Å². The fraction of sp³-hybridized carbons (Fsp3) is 0.154. The molecule has 1 amide bonds. The van der Waals surface area contributed by atoms with E-state index in [9.17, 15) is 4.79 Å². The number of allylic oxidation sites excluding steroid dienone is 2. The van der Waals surface area contributed by atoms with E-state index in [1.165, 1.54) is 0 Å². The number of nitrogens with two attached hydrogens (primary N) is 1. The molecule has 0 aliphatic rings. The molecular formula is C13H15NO. The van der Waals surface area contributed by atoms with Gasteiger partial charge in [-0.1, -0.05) is 24.3 Å². The molecule has 2 nitrogen and oxygen atoms in total. The van der Waals surface area contributed by atoms with Crippen LogP contribution < -0.4 is 5.73 Å². The van der Waals surface area contributed by atoms with Gasteiger partial charge >= 0.3 is 0 Å². The minimum absolute atomic E-state index is 0.430. The van der Waals surface area contributed by atoms with E-state index in [0.717, 1.165) is 22.3 Å². The molecule has 0 atom stereocenters. The smallest absolute Gasteiger partial charge is 0.248 e. The lowest BCUT2D eigenvalue weighted by Crippen LogP contribution is -2.11. The second-order valence-electron chi connectivity index (χ2n) is 3.72. The summed E-state index contributed by atoms with van der Waals surface area (Å²) in [5, 5.41) is 0. The van der Waals surface area contributed by atoms with Gasteiger partial charge in [0.05, 0.1) is 0 Å². The molecule has 0 radical (unpaired) electrons. The zero-order valence-corrected chi connectivity index (χ0v) is 9.13. The van der Waals surface area contributed by atoms with Crippen molar-refractivity contribution < 1.29 is 4.79 Å². The third-order valence-corrected chi connectivity index (χ3v) is 2.20. The maximum atomic E-state index is 11.1. The molecule has 1 aromatic rings. The molecule has 0 heterocycles. The predicted octanol–water partition coefficient (Wildman–Crippen LogP) is 2.85. The van der Waals surface area contributed by atoms with Crippen LogP contribution in [0.5, 0.6) is 0 Å². The van der Waals surface area contributed by atoms with Gasteiger partial charge in [0, 0.05) is 5.56 Å². The zero-order chi connectivity index (χ0) is 11.6. The number of carbonyl (C=O) groups excluding carboxylic acids is 1. The second-order valence-corrected chi connectivity index (χ2v) is 3.72. The first kappa shape index (κ1) is 11.2. The van der Waals surface area contributed by atoms with Crippen LogP contribution in [0.3, 0.4) is 0 Å². The van der Waals surface area contributed by atoms with Crippen molar-refractivity contribution in [1.82, 2.24) is 0 Å². The van der Waals surface area contributed by atoms with Gasteiger partial charge in [0.25, 0.3) is 0 Å². The van der Waals surface area contributed by atoms with Crippen molar-refractivity contribution in [1.29, 1.82) is 0 Å². The lowest BCUT2D eigenvalue weighted by molar-refractivity contribution is 0.100. The summed E-state index contributed by atoms with van der Waals surface area (Å²) in [6.07, 6.45) is 0. The van der Waals surface area contributed by atoms with E-state index in [0.29, 0.717) is 5.56 Å². The minimum atomic E-state index is -0.430. The van der Waals surface area contributed by atoms with Crippen molar-refractivity contribution in [3.63, 3.8) is 0 Å². The minimum Gasteiger partial charge on any atom is -0.366 e. The van der Waals surface area contributed by atoms with Crippen LogP contribution in [0.4, 0.5) is 0 Å². The van der Waals surface area contributed by atoms with Crippen molar-refractivity contribution in [2.24, 2.45) is 5.73 Å². The van der Waals surface area contributed by atoms with Crippen molar-refractivity contribution in [3.05, 3.63) is 48.0 Å². The molecule has 15 heavy (non-hydrogen) atoms. The van der Waals surface area contributed by atoms with Crippen molar-refractivity contribution in [3.8, 4) is 0 Å². The molecule has 0 bridgehead atoms. The molecule has 0 unspecified atom stereocenters. The molecule has 1 rings (SSSR count). The number of benzene rings is 1. The maximum absolute atomic E-state index is 11.1. The summed E-state index contributed by atoms with van der Waals surface area (Å²) in [6.45, 7) is 11.5. The van der Waals surface area contributed by atoms with Crippen LogP contribution in [-0.2, 0) is 0 Å². The van der Waals surface area contributed by atoms with Crippen LogP contribution in [0, 0.1) is 0 Å². The third-order valence-electron chi connectivity index (χ3n) is 2.20. The molecule has 0 spiro atoms. The lowest BCUT2D eigenvalue weighted by atomic mass is 9.98. The Balaban J connectivity index is 3.39. The molecule has 0 fully saturated rings. The van der Waals surface area contributed by atoms with E-state index >= 15 is 0 Å². The first-order valence-corrected chi connectivity index (χ1v) is 4.68. The molecule has 0 aliphatic carbocycles. The highest BCUT2D eigenvalue weighted by molar-refractivity contribution is 5.94. The highest BCUT2D eigenvalue weighted by atomic mass is 16.1. The Bertz CT molecular complexity index is 365. The lowest BCUT2D eigenvalue weighted by Gasteiger charge is -2.07. The van der Waals surface area contributed by atoms with E-state index in [2.05, 4.69) is 13.2 Å². The molecular weight excluding hydrogens is 186 g/mol. The van der Waals surface area contributed by atoms with E-state index < -0.39 is 5.91 Å². The van der Waals surface area contributed by atoms with Crippen LogP contribution in [0.15, 0.2) is 31.4 Å². The number of hydrogen-bond donors (Lipinski definition) is 1. The zero-order valence-electron chi connectivity index (χ0n) is 9.13. The molecule has 2 heteroatoms. The fourth-order valence-corrected chi connectivity index (χ4v) is 1.26. The maximum Gasteiger partial charge on any atom is 0.248 e. The molecule has 2 N–H and O–H groups in total. The number of amides is 1. The second kappa shape index (κ2) is 4.13. The molecule has 0 aromatic heterocycles. The van der Waals surface area contributed by atoms with Gasteiger partial charge in [-0.3, -0.25) is 4.79 Å². The number of hydrogen-bond acceptors (Lipinski definition) is 1. The van der Waals surface area contributed by atoms with Gasteiger partial charge < -0.3 is 5.73 Å². The van der Waals surface area contributed by atoms with Gasteiger partial charge in [-0.15, -0.1) is 0 Å². The SMILES string of the molecule is C=C(C)c1cc(C(=C)C)cc(C(N)=O)c1. The average Bonchev–Trinajstić information content (AvgIpc) is 2.16. The Labute approximate surface area is 90.1 Å². The summed E-state index contributed by atoms with van der Waals surface area (Å²) in [7, 11) is 0. The summed E-state index contributed by atoms with van der Waals surface area (Å²) < 4.78 is 0. The normalized spacial score (nSPS) is 9.73. The Hall–Kier alpha value is -1.83. The fourth-order valence-electron chi connectivity index (χ4n) is 1.26. The predicted molar refractivity (Wildman–Crippen MR) is 64.4 cm³/mol. The molecule has 1 aromatic carbocycles. The van der Waals surface area contributed by atoms with E-state index in [-0.39, 0.29) is 0 Å². The topological polar surface area (TPSA) is 43.1 Å². The summed E-state index contributed by atoms with van der Waals surface area (Å²) >= 11 is 0. The Kier molecular flexibility index (Phi) is 3.10. The average molecular weight is 201 g/mol. The molecule has 0 aliphatic heterocycles.